The van der Waals surface area contributed by atoms with E-state index in [9.17, 15) is 4.79 Å². The van der Waals surface area contributed by atoms with Crippen molar-refractivity contribution in [3.05, 3.63) is 53.9 Å². The van der Waals surface area contributed by atoms with Gasteiger partial charge in [0.25, 0.3) is 5.91 Å². The van der Waals surface area contributed by atoms with Gasteiger partial charge in [-0.1, -0.05) is 30.3 Å². The molecule has 2 aromatic carbocycles. The standard InChI is InChI=1S/C24H28N4O4/c1-3-31-20-9-8-18-6-4-5-7-19(18)23(20)24(29)25-10-13-32-22-16-21(26-17(2)27-22)28-11-14-30-15-12-28/h4-9,16H,3,10-15H2,1-2H3,(H,25,29). The number of ether oxygens (including phenoxy) is 3. The molecule has 0 atom stereocenters. The monoisotopic (exact) mass is 436 g/mol. The number of amides is 1. The van der Waals surface area contributed by atoms with Crippen LogP contribution in [-0.4, -0.2) is 61.9 Å². The molecule has 1 amide bonds. The van der Waals surface area contributed by atoms with E-state index in [1.54, 1.807) is 0 Å². The number of hydrogen-bond acceptors (Lipinski definition) is 7. The highest BCUT2D eigenvalue weighted by molar-refractivity contribution is 6.09. The molecule has 1 saturated heterocycles. The van der Waals surface area contributed by atoms with E-state index in [0.717, 1.165) is 29.7 Å². The van der Waals surface area contributed by atoms with E-state index < -0.39 is 0 Å². The Morgan fingerprint density at radius 1 is 1.12 bits per heavy atom. The van der Waals surface area contributed by atoms with Crippen molar-refractivity contribution in [1.82, 2.24) is 15.3 Å². The summed E-state index contributed by atoms with van der Waals surface area (Å²) < 4.78 is 16.9. The summed E-state index contributed by atoms with van der Waals surface area (Å²) in [6, 6.07) is 13.4. The smallest absolute Gasteiger partial charge is 0.255 e. The van der Waals surface area contributed by atoms with Gasteiger partial charge in [0.2, 0.25) is 5.88 Å². The maximum atomic E-state index is 13.0. The summed E-state index contributed by atoms with van der Waals surface area (Å²) in [5.74, 6) is 2.35. The first-order chi connectivity index (χ1) is 15.7. The van der Waals surface area contributed by atoms with Crippen LogP contribution in [0.25, 0.3) is 10.8 Å². The second kappa shape index (κ2) is 10.3. The molecule has 1 fully saturated rings. The number of aromatic nitrogens is 2. The molecule has 1 aliphatic heterocycles. The zero-order chi connectivity index (χ0) is 22.3. The lowest BCUT2D eigenvalue weighted by Gasteiger charge is -2.28. The molecule has 32 heavy (non-hydrogen) atoms. The van der Waals surface area contributed by atoms with Crippen molar-refractivity contribution >= 4 is 22.5 Å². The summed E-state index contributed by atoms with van der Waals surface area (Å²) in [5.41, 5.74) is 0.539. The van der Waals surface area contributed by atoms with Crippen LogP contribution < -0.4 is 19.7 Å². The van der Waals surface area contributed by atoms with E-state index in [1.165, 1.54) is 0 Å². The Morgan fingerprint density at radius 3 is 2.75 bits per heavy atom. The Hall–Kier alpha value is -3.39. The van der Waals surface area contributed by atoms with Crippen molar-refractivity contribution in [1.29, 1.82) is 0 Å². The lowest BCUT2D eigenvalue weighted by atomic mass is 10.0. The Morgan fingerprint density at radius 2 is 1.94 bits per heavy atom. The number of nitrogens with zero attached hydrogens (tertiary/aromatic N) is 3. The van der Waals surface area contributed by atoms with Gasteiger partial charge in [-0.15, -0.1) is 0 Å². The molecule has 1 aromatic heterocycles. The number of rotatable bonds is 8. The van der Waals surface area contributed by atoms with Crippen molar-refractivity contribution in [2.75, 3.05) is 51.0 Å². The average molecular weight is 437 g/mol. The van der Waals surface area contributed by atoms with E-state index in [0.29, 0.717) is 56.0 Å². The van der Waals surface area contributed by atoms with Crippen molar-refractivity contribution < 1.29 is 19.0 Å². The minimum Gasteiger partial charge on any atom is -0.493 e. The molecule has 0 aliphatic carbocycles. The first kappa shape index (κ1) is 21.8. The van der Waals surface area contributed by atoms with Crippen LogP contribution >= 0.6 is 0 Å². The third-order valence-corrected chi connectivity index (χ3v) is 5.19. The van der Waals surface area contributed by atoms with Gasteiger partial charge >= 0.3 is 0 Å². The third kappa shape index (κ3) is 5.08. The minimum atomic E-state index is -0.193. The van der Waals surface area contributed by atoms with Crippen LogP contribution in [0.5, 0.6) is 11.6 Å². The molecule has 8 nitrogen and oxygen atoms in total. The van der Waals surface area contributed by atoms with Gasteiger partial charge in [0, 0.05) is 19.2 Å². The fraction of sp³-hybridized carbons (Fsp3) is 0.375. The lowest BCUT2D eigenvalue weighted by Crippen LogP contribution is -2.37. The predicted octanol–water partition coefficient (Wildman–Crippen LogP) is 2.98. The van der Waals surface area contributed by atoms with Gasteiger partial charge in [-0.3, -0.25) is 4.79 Å². The van der Waals surface area contributed by atoms with E-state index in [1.807, 2.05) is 56.3 Å². The summed E-state index contributed by atoms with van der Waals surface area (Å²) in [5, 5.41) is 4.79. The second-order valence-electron chi connectivity index (χ2n) is 7.41. The molecule has 0 bridgehead atoms. The Kier molecular flexibility index (Phi) is 7.01. The molecule has 0 saturated carbocycles. The van der Waals surface area contributed by atoms with Crippen molar-refractivity contribution in [2.24, 2.45) is 0 Å². The average Bonchev–Trinajstić information content (AvgIpc) is 2.82. The highest BCUT2D eigenvalue weighted by Crippen LogP contribution is 2.28. The number of hydrogen-bond donors (Lipinski definition) is 1. The normalized spacial score (nSPS) is 13.8. The number of fused-ring (bicyclic) bond motifs is 1. The Balaban J connectivity index is 1.40. The maximum Gasteiger partial charge on any atom is 0.255 e. The molecule has 0 spiro atoms. The van der Waals surface area contributed by atoms with Gasteiger partial charge in [0.1, 0.15) is 24.0 Å². The van der Waals surface area contributed by atoms with Crippen molar-refractivity contribution in [2.45, 2.75) is 13.8 Å². The van der Waals surface area contributed by atoms with Crippen LogP contribution in [0.15, 0.2) is 42.5 Å². The van der Waals surface area contributed by atoms with Crippen molar-refractivity contribution in [3.63, 3.8) is 0 Å². The molecule has 1 N–H and O–H groups in total. The number of benzene rings is 2. The molecular weight excluding hydrogens is 408 g/mol. The van der Waals surface area contributed by atoms with Crippen LogP contribution in [0, 0.1) is 6.92 Å². The van der Waals surface area contributed by atoms with Gasteiger partial charge in [0.05, 0.1) is 31.9 Å². The Bertz CT molecular complexity index is 1080. The van der Waals surface area contributed by atoms with Gasteiger partial charge < -0.3 is 24.4 Å². The molecule has 3 aromatic rings. The molecular formula is C24H28N4O4. The highest BCUT2D eigenvalue weighted by Gasteiger charge is 2.17. The van der Waals surface area contributed by atoms with E-state index in [2.05, 4.69) is 20.2 Å². The molecule has 0 unspecified atom stereocenters. The van der Waals surface area contributed by atoms with Gasteiger partial charge in [0.15, 0.2) is 0 Å². The van der Waals surface area contributed by atoms with Gasteiger partial charge in [-0.05, 0) is 30.7 Å². The van der Waals surface area contributed by atoms with E-state index in [4.69, 9.17) is 14.2 Å². The summed E-state index contributed by atoms with van der Waals surface area (Å²) in [7, 11) is 0. The van der Waals surface area contributed by atoms with E-state index >= 15 is 0 Å². The fourth-order valence-electron chi connectivity index (χ4n) is 3.72. The zero-order valence-corrected chi connectivity index (χ0v) is 18.5. The number of carbonyl (C=O) groups is 1. The first-order valence-corrected chi connectivity index (χ1v) is 10.9. The minimum absolute atomic E-state index is 0.193. The Labute approximate surface area is 187 Å². The molecule has 1 aliphatic rings. The maximum absolute atomic E-state index is 13.0. The third-order valence-electron chi connectivity index (χ3n) is 5.19. The van der Waals surface area contributed by atoms with Crippen molar-refractivity contribution in [3.8, 4) is 11.6 Å². The largest absolute Gasteiger partial charge is 0.493 e. The van der Waals surface area contributed by atoms with Crippen LogP contribution in [0.1, 0.15) is 23.1 Å². The van der Waals surface area contributed by atoms with Crippen LogP contribution in [0.3, 0.4) is 0 Å². The van der Waals surface area contributed by atoms with Crippen LogP contribution in [0.2, 0.25) is 0 Å². The number of aryl methyl sites for hydroxylation is 1. The number of anilines is 1. The predicted molar refractivity (Wildman–Crippen MR) is 123 cm³/mol. The number of nitrogens with one attached hydrogen (secondary N) is 1. The first-order valence-electron chi connectivity index (χ1n) is 10.9. The summed E-state index contributed by atoms with van der Waals surface area (Å²) in [6.07, 6.45) is 0. The number of carbonyl (C=O) groups excluding carboxylic acids is 1. The van der Waals surface area contributed by atoms with Crippen LogP contribution in [0.4, 0.5) is 5.82 Å². The highest BCUT2D eigenvalue weighted by atomic mass is 16.5. The second-order valence-corrected chi connectivity index (χ2v) is 7.41. The lowest BCUT2D eigenvalue weighted by molar-refractivity contribution is 0.0944. The summed E-state index contributed by atoms with van der Waals surface area (Å²) in [6.45, 7) is 7.81. The molecule has 2 heterocycles. The molecule has 8 heteroatoms. The molecule has 168 valence electrons. The number of morpholine rings is 1. The topological polar surface area (TPSA) is 85.8 Å². The summed E-state index contributed by atoms with van der Waals surface area (Å²) in [4.78, 5) is 24.0. The van der Waals surface area contributed by atoms with Gasteiger partial charge in [-0.25, -0.2) is 4.98 Å². The van der Waals surface area contributed by atoms with Gasteiger partial charge in [-0.2, -0.15) is 4.98 Å². The SMILES string of the molecule is CCOc1ccc2ccccc2c1C(=O)NCCOc1cc(N2CCOCC2)nc(C)n1. The van der Waals surface area contributed by atoms with E-state index in [-0.39, 0.29) is 5.91 Å². The molecule has 4 rings (SSSR count). The zero-order valence-electron chi connectivity index (χ0n) is 18.5. The summed E-state index contributed by atoms with van der Waals surface area (Å²) >= 11 is 0. The molecule has 0 radical (unpaired) electrons. The fourth-order valence-corrected chi connectivity index (χ4v) is 3.72. The quantitative estimate of drug-likeness (QED) is 0.543. The van der Waals surface area contributed by atoms with Crippen LogP contribution in [-0.2, 0) is 4.74 Å².